The number of aromatic nitrogens is 3. The van der Waals surface area contributed by atoms with E-state index < -0.39 is 0 Å². The first-order valence-electron chi connectivity index (χ1n) is 9.22. The van der Waals surface area contributed by atoms with Gasteiger partial charge in [0.15, 0.2) is 0 Å². The Bertz CT molecular complexity index is 806. The van der Waals surface area contributed by atoms with Crippen LogP contribution in [0.3, 0.4) is 0 Å². The lowest BCUT2D eigenvalue weighted by Crippen LogP contribution is -2.46. The van der Waals surface area contributed by atoms with Gasteiger partial charge in [0, 0.05) is 57.2 Å². The standard InChI is InChI=1S/C19H23N7/c20-10-15-9-16(12-21-11-15)13-25-5-7-26(8-6-25)19-17-3-1-2-4-22-18(17)23-14-24-19/h9,11-12,14H,1-8,13H2,(H,22,23,24). The van der Waals surface area contributed by atoms with Gasteiger partial charge in [-0.25, -0.2) is 9.97 Å². The number of nitrogens with zero attached hydrogens (tertiary/aromatic N) is 6. The topological polar surface area (TPSA) is 81.0 Å². The second kappa shape index (κ2) is 7.67. The van der Waals surface area contributed by atoms with E-state index in [9.17, 15) is 0 Å². The van der Waals surface area contributed by atoms with Crippen molar-refractivity contribution in [3.8, 4) is 6.07 Å². The minimum atomic E-state index is 0.623. The Labute approximate surface area is 153 Å². The molecule has 2 aromatic heterocycles. The van der Waals surface area contributed by atoms with E-state index >= 15 is 0 Å². The highest BCUT2D eigenvalue weighted by Crippen LogP contribution is 2.28. The molecule has 1 fully saturated rings. The average Bonchev–Trinajstić information content (AvgIpc) is 2.94. The van der Waals surface area contributed by atoms with Gasteiger partial charge in [-0.1, -0.05) is 0 Å². The lowest BCUT2D eigenvalue weighted by atomic mass is 10.1. The molecule has 134 valence electrons. The minimum Gasteiger partial charge on any atom is -0.370 e. The second-order valence-corrected chi connectivity index (χ2v) is 6.87. The molecule has 4 heterocycles. The molecule has 2 aliphatic heterocycles. The summed E-state index contributed by atoms with van der Waals surface area (Å²) in [5, 5.41) is 12.5. The molecule has 1 saturated heterocycles. The van der Waals surface area contributed by atoms with Crippen LogP contribution in [0.5, 0.6) is 0 Å². The average molecular weight is 349 g/mol. The van der Waals surface area contributed by atoms with E-state index in [-0.39, 0.29) is 0 Å². The predicted molar refractivity (Wildman–Crippen MR) is 99.9 cm³/mol. The van der Waals surface area contributed by atoms with Crippen molar-refractivity contribution in [3.05, 3.63) is 41.5 Å². The van der Waals surface area contributed by atoms with Gasteiger partial charge >= 0.3 is 0 Å². The molecular weight excluding hydrogens is 326 g/mol. The van der Waals surface area contributed by atoms with E-state index in [2.05, 4.69) is 36.1 Å². The van der Waals surface area contributed by atoms with Gasteiger partial charge in [-0.2, -0.15) is 5.26 Å². The zero-order chi connectivity index (χ0) is 17.8. The Morgan fingerprint density at radius 1 is 1.12 bits per heavy atom. The van der Waals surface area contributed by atoms with Crippen LogP contribution in [0.1, 0.15) is 29.5 Å². The minimum absolute atomic E-state index is 0.623. The Balaban J connectivity index is 1.42. The first kappa shape index (κ1) is 16.7. The molecule has 4 rings (SSSR count). The molecule has 0 atom stereocenters. The molecule has 0 radical (unpaired) electrons. The van der Waals surface area contributed by atoms with E-state index in [1.165, 1.54) is 18.4 Å². The van der Waals surface area contributed by atoms with Crippen molar-refractivity contribution in [2.45, 2.75) is 25.8 Å². The number of hydrogen-bond acceptors (Lipinski definition) is 7. The molecule has 0 spiro atoms. The van der Waals surface area contributed by atoms with Crippen molar-refractivity contribution in [2.24, 2.45) is 0 Å². The molecule has 0 saturated carbocycles. The van der Waals surface area contributed by atoms with Crippen molar-refractivity contribution in [1.29, 1.82) is 5.26 Å². The fraction of sp³-hybridized carbons (Fsp3) is 0.474. The summed E-state index contributed by atoms with van der Waals surface area (Å²) in [4.78, 5) is 18.0. The molecule has 26 heavy (non-hydrogen) atoms. The fourth-order valence-electron chi connectivity index (χ4n) is 3.70. The number of rotatable bonds is 3. The van der Waals surface area contributed by atoms with Gasteiger partial charge in [-0.3, -0.25) is 9.88 Å². The van der Waals surface area contributed by atoms with Gasteiger partial charge in [-0.15, -0.1) is 0 Å². The zero-order valence-electron chi connectivity index (χ0n) is 14.9. The summed E-state index contributed by atoms with van der Waals surface area (Å²) in [5.41, 5.74) is 2.99. The quantitative estimate of drug-likeness (QED) is 0.905. The van der Waals surface area contributed by atoms with Gasteiger partial charge in [0.25, 0.3) is 0 Å². The van der Waals surface area contributed by atoms with Crippen LogP contribution in [-0.4, -0.2) is 52.6 Å². The molecule has 0 aliphatic carbocycles. The molecule has 7 heteroatoms. The molecule has 0 amide bonds. The third kappa shape index (κ3) is 3.60. The van der Waals surface area contributed by atoms with Crippen LogP contribution in [0.2, 0.25) is 0 Å². The molecule has 7 nitrogen and oxygen atoms in total. The van der Waals surface area contributed by atoms with Crippen molar-refractivity contribution in [2.75, 3.05) is 42.9 Å². The molecule has 2 aliphatic rings. The van der Waals surface area contributed by atoms with Crippen LogP contribution in [0.4, 0.5) is 11.6 Å². The highest BCUT2D eigenvalue weighted by Gasteiger charge is 2.23. The third-order valence-electron chi connectivity index (χ3n) is 5.07. The van der Waals surface area contributed by atoms with Gasteiger partial charge in [-0.05, 0) is 30.9 Å². The van der Waals surface area contributed by atoms with Gasteiger partial charge in [0.2, 0.25) is 0 Å². The number of fused-ring (bicyclic) bond motifs is 1. The number of piperazine rings is 1. The Morgan fingerprint density at radius 2 is 2.00 bits per heavy atom. The normalized spacial score (nSPS) is 17.7. The van der Waals surface area contributed by atoms with Crippen molar-refractivity contribution >= 4 is 11.6 Å². The molecule has 0 unspecified atom stereocenters. The largest absolute Gasteiger partial charge is 0.370 e. The summed E-state index contributed by atoms with van der Waals surface area (Å²) in [6, 6.07) is 4.08. The summed E-state index contributed by atoms with van der Waals surface area (Å²) >= 11 is 0. The maximum atomic E-state index is 9.02. The first-order chi connectivity index (χ1) is 12.8. The second-order valence-electron chi connectivity index (χ2n) is 6.87. The Hall–Kier alpha value is -2.72. The number of anilines is 2. The number of nitrogens with one attached hydrogen (secondary N) is 1. The number of hydrogen-bond donors (Lipinski definition) is 1. The monoisotopic (exact) mass is 349 g/mol. The number of nitriles is 1. The van der Waals surface area contributed by atoms with Gasteiger partial charge in [0.1, 0.15) is 24.0 Å². The van der Waals surface area contributed by atoms with Crippen molar-refractivity contribution in [1.82, 2.24) is 19.9 Å². The van der Waals surface area contributed by atoms with Gasteiger partial charge < -0.3 is 10.2 Å². The Kier molecular flexibility index (Phi) is 4.93. The SMILES string of the molecule is N#Cc1cncc(CN2CCN(c3ncnc4c3CCCCN4)CC2)c1. The van der Waals surface area contributed by atoms with Crippen LogP contribution in [0, 0.1) is 11.3 Å². The lowest BCUT2D eigenvalue weighted by molar-refractivity contribution is 0.249. The predicted octanol–water partition coefficient (Wildman–Crippen LogP) is 1.81. The third-order valence-corrected chi connectivity index (χ3v) is 5.07. The lowest BCUT2D eigenvalue weighted by Gasteiger charge is -2.36. The van der Waals surface area contributed by atoms with Crippen molar-refractivity contribution in [3.63, 3.8) is 0 Å². The summed E-state index contributed by atoms with van der Waals surface area (Å²) in [5.74, 6) is 2.10. The summed E-state index contributed by atoms with van der Waals surface area (Å²) < 4.78 is 0. The van der Waals surface area contributed by atoms with Crippen LogP contribution in [-0.2, 0) is 13.0 Å². The van der Waals surface area contributed by atoms with E-state index in [0.29, 0.717) is 5.56 Å². The highest BCUT2D eigenvalue weighted by molar-refractivity contribution is 5.59. The molecular formula is C19H23N7. The maximum Gasteiger partial charge on any atom is 0.137 e. The van der Waals surface area contributed by atoms with Gasteiger partial charge in [0.05, 0.1) is 5.56 Å². The van der Waals surface area contributed by atoms with Crippen molar-refractivity contribution < 1.29 is 0 Å². The zero-order valence-corrected chi connectivity index (χ0v) is 14.9. The van der Waals surface area contributed by atoms with E-state index in [1.54, 1.807) is 12.5 Å². The molecule has 2 aromatic rings. The molecule has 1 N–H and O–H groups in total. The number of pyridine rings is 1. The van der Waals surface area contributed by atoms with Crippen LogP contribution in [0.15, 0.2) is 24.8 Å². The fourth-order valence-corrected chi connectivity index (χ4v) is 3.70. The van der Waals surface area contributed by atoms with E-state index in [4.69, 9.17) is 5.26 Å². The summed E-state index contributed by atoms with van der Waals surface area (Å²) in [6.45, 7) is 5.68. The maximum absolute atomic E-state index is 9.02. The summed E-state index contributed by atoms with van der Waals surface area (Å²) in [6.07, 6.45) is 8.55. The van der Waals surface area contributed by atoms with E-state index in [0.717, 1.165) is 62.9 Å². The van der Waals surface area contributed by atoms with Crippen LogP contribution in [0.25, 0.3) is 0 Å². The molecule has 0 aromatic carbocycles. The van der Waals surface area contributed by atoms with E-state index in [1.807, 2.05) is 12.3 Å². The van der Waals surface area contributed by atoms with Crippen LogP contribution < -0.4 is 10.2 Å². The Morgan fingerprint density at radius 3 is 2.85 bits per heavy atom. The first-order valence-corrected chi connectivity index (χ1v) is 9.22. The smallest absolute Gasteiger partial charge is 0.137 e. The highest BCUT2D eigenvalue weighted by atomic mass is 15.3. The molecule has 0 bridgehead atoms. The summed E-state index contributed by atoms with van der Waals surface area (Å²) in [7, 11) is 0. The van der Waals surface area contributed by atoms with Crippen LogP contribution >= 0.6 is 0 Å².